The number of nitrogens with one attached hydrogen (secondary N) is 1. The second-order valence-corrected chi connectivity index (χ2v) is 7.02. The van der Waals surface area contributed by atoms with Gasteiger partial charge in [0.2, 0.25) is 0 Å². The molecule has 0 aliphatic heterocycles. The van der Waals surface area contributed by atoms with E-state index in [1.54, 1.807) is 11.5 Å². The quantitative estimate of drug-likeness (QED) is 0.894. The van der Waals surface area contributed by atoms with E-state index in [-0.39, 0.29) is 11.1 Å². The molecule has 0 radical (unpaired) electrons. The number of aromatic nitrogens is 2. The van der Waals surface area contributed by atoms with E-state index in [2.05, 4.69) is 25.6 Å². The highest BCUT2D eigenvalue weighted by Crippen LogP contribution is 2.19. The van der Waals surface area contributed by atoms with Crippen molar-refractivity contribution in [2.24, 2.45) is 0 Å². The van der Waals surface area contributed by atoms with Crippen LogP contribution in [0.25, 0.3) is 0 Å². The molecule has 1 N–H and O–H groups in total. The second kappa shape index (κ2) is 6.07. The summed E-state index contributed by atoms with van der Waals surface area (Å²) in [5.41, 5.74) is 0.887. The van der Waals surface area contributed by atoms with Crippen LogP contribution in [-0.4, -0.2) is 18.0 Å². The Morgan fingerprint density at radius 3 is 2.80 bits per heavy atom. The van der Waals surface area contributed by atoms with Crippen LogP contribution in [0.4, 0.5) is 0 Å². The Morgan fingerprint density at radius 2 is 2.20 bits per heavy atom. The van der Waals surface area contributed by atoms with E-state index in [0.29, 0.717) is 6.54 Å². The Morgan fingerprint density at radius 1 is 1.45 bits per heavy atom. The molecule has 0 aliphatic carbocycles. The number of sulfonamides is 1. The largest absolute Gasteiger partial charge is 0.336 e. The molecule has 5 nitrogen and oxygen atoms in total. The summed E-state index contributed by atoms with van der Waals surface area (Å²) in [6.45, 7) is 4.41. The lowest BCUT2D eigenvalue weighted by Gasteiger charge is -2.13. The minimum absolute atomic E-state index is 0.0428. The summed E-state index contributed by atoms with van der Waals surface area (Å²) in [6.07, 6.45) is 3.04. The minimum Gasteiger partial charge on any atom is -0.336 e. The molecule has 108 valence electrons. The van der Waals surface area contributed by atoms with E-state index < -0.39 is 10.0 Å². The van der Waals surface area contributed by atoms with Crippen LogP contribution in [0.2, 0.25) is 0 Å². The fraction of sp³-hybridized carbons (Fsp3) is 0.308. The molecule has 0 aliphatic rings. The normalized spacial score (nSPS) is 13.3. The zero-order valence-electron chi connectivity index (χ0n) is 11.2. The molecule has 0 saturated heterocycles. The number of benzene rings is 1. The maximum absolute atomic E-state index is 12.2. The molecule has 7 heteroatoms. The molecular formula is C13H16BrN3O2S. The lowest BCUT2D eigenvalue weighted by Crippen LogP contribution is -2.27. The molecule has 2 rings (SSSR count). The summed E-state index contributed by atoms with van der Waals surface area (Å²) in [6, 6.07) is 7.20. The van der Waals surface area contributed by atoms with Gasteiger partial charge in [-0.2, -0.15) is 0 Å². The molecule has 0 saturated carbocycles. The first-order valence-corrected chi connectivity index (χ1v) is 8.49. The van der Waals surface area contributed by atoms with Gasteiger partial charge in [0.15, 0.2) is 5.03 Å². The van der Waals surface area contributed by atoms with Gasteiger partial charge < -0.3 is 4.57 Å². The van der Waals surface area contributed by atoms with Gasteiger partial charge in [-0.1, -0.05) is 28.1 Å². The van der Waals surface area contributed by atoms with Gasteiger partial charge in [0.05, 0.1) is 6.33 Å². The fourth-order valence-electron chi connectivity index (χ4n) is 1.79. The lowest BCUT2D eigenvalue weighted by molar-refractivity contribution is 0.563. The van der Waals surface area contributed by atoms with Crippen LogP contribution in [0.15, 0.2) is 46.3 Å². The van der Waals surface area contributed by atoms with Crippen molar-refractivity contribution in [2.75, 3.05) is 0 Å². The Balaban J connectivity index is 2.19. The zero-order valence-corrected chi connectivity index (χ0v) is 13.6. The van der Waals surface area contributed by atoms with Crippen LogP contribution in [0.3, 0.4) is 0 Å². The summed E-state index contributed by atoms with van der Waals surface area (Å²) >= 11 is 3.37. The molecule has 0 amide bonds. The van der Waals surface area contributed by atoms with Crippen LogP contribution in [0, 0.1) is 0 Å². The third kappa shape index (κ3) is 3.47. The molecule has 1 aromatic heterocycles. The van der Waals surface area contributed by atoms with Crippen molar-refractivity contribution in [2.45, 2.75) is 31.5 Å². The number of nitrogens with zero attached hydrogens (tertiary/aromatic N) is 2. The Bertz CT molecular complexity index is 697. The maximum atomic E-state index is 12.2. The summed E-state index contributed by atoms with van der Waals surface area (Å²) < 4.78 is 29.7. The minimum atomic E-state index is -3.61. The molecule has 1 aromatic carbocycles. The number of aryl methyl sites for hydroxylation is 1. The molecule has 1 atom stereocenters. The number of hydrogen-bond acceptors (Lipinski definition) is 3. The van der Waals surface area contributed by atoms with Crippen LogP contribution in [0.5, 0.6) is 0 Å². The van der Waals surface area contributed by atoms with Gasteiger partial charge >= 0.3 is 0 Å². The number of hydrogen-bond donors (Lipinski definition) is 1. The van der Waals surface area contributed by atoms with Crippen molar-refractivity contribution < 1.29 is 8.42 Å². The van der Waals surface area contributed by atoms with Crippen molar-refractivity contribution in [3.05, 3.63) is 46.8 Å². The van der Waals surface area contributed by atoms with Crippen molar-refractivity contribution in [1.29, 1.82) is 0 Å². The van der Waals surface area contributed by atoms with Gasteiger partial charge in [-0.3, -0.25) is 0 Å². The molecule has 1 unspecified atom stereocenters. The SMILES string of the molecule is CCn1cnc(S(=O)(=O)NC(C)c2cccc(Br)c2)c1. The molecular weight excluding hydrogens is 342 g/mol. The van der Waals surface area contributed by atoms with Gasteiger partial charge in [-0.05, 0) is 31.5 Å². The Hall–Kier alpha value is -1.18. The summed E-state index contributed by atoms with van der Waals surface area (Å²) in [5.74, 6) is 0. The topological polar surface area (TPSA) is 64.0 Å². The molecule has 20 heavy (non-hydrogen) atoms. The first-order chi connectivity index (χ1) is 9.42. The van der Waals surface area contributed by atoms with E-state index in [1.807, 2.05) is 31.2 Å². The van der Waals surface area contributed by atoms with Crippen LogP contribution >= 0.6 is 15.9 Å². The Labute approximate surface area is 127 Å². The lowest BCUT2D eigenvalue weighted by atomic mass is 10.1. The smallest absolute Gasteiger partial charge is 0.260 e. The highest BCUT2D eigenvalue weighted by Gasteiger charge is 2.20. The van der Waals surface area contributed by atoms with Crippen LogP contribution in [0.1, 0.15) is 25.5 Å². The summed E-state index contributed by atoms with van der Waals surface area (Å²) in [4.78, 5) is 3.93. The molecule has 2 aromatic rings. The molecule has 0 spiro atoms. The van der Waals surface area contributed by atoms with Crippen molar-refractivity contribution in [3.63, 3.8) is 0 Å². The molecule has 0 fully saturated rings. The maximum Gasteiger partial charge on any atom is 0.260 e. The first kappa shape index (κ1) is 15.2. The first-order valence-electron chi connectivity index (χ1n) is 6.22. The summed E-state index contributed by atoms with van der Waals surface area (Å²) in [7, 11) is -3.61. The van der Waals surface area contributed by atoms with Crippen LogP contribution in [-0.2, 0) is 16.6 Å². The fourth-order valence-corrected chi connectivity index (χ4v) is 3.39. The monoisotopic (exact) mass is 357 g/mol. The number of halogens is 1. The van der Waals surface area contributed by atoms with Gasteiger partial charge in [-0.15, -0.1) is 0 Å². The predicted molar refractivity (Wildman–Crippen MR) is 80.8 cm³/mol. The van der Waals surface area contributed by atoms with Gasteiger partial charge in [0.25, 0.3) is 10.0 Å². The van der Waals surface area contributed by atoms with Gasteiger partial charge in [0.1, 0.15) is 0 Å². The predicted octanol–water partition coefficient (Wildman–Crippen LogP) is 2.71. The Kier molecular flexibility index (Phi) is 4.62. The average molecular weight is 358 g/mol. The molecule has 1 heterocycles. The van der Waals surface area contributed by atoms with Crippen molar-refractivity contribution >= 4 is 26.0 Å². The standard InChI is InChI=1S/C13H16BrN3O2S/c1-3-17-8-13(15-9-17)20(18,19)16-10(2)11-5-4-6-12(14)7-11/h4-10,16H,3H2,1-2H3. The second-order valence-electron chi connectivity index (χ2n) is 4.44. The highest BCUT2D eigenvalue weighted by atomic mass is 79.9. The van der Waals surface area contributed by atoms with E-state index in [1.165, 1.54) is 12.5 Å². The van der Waals surface area contributed by atoms with E-state index >= 15 is 0 Å². The summed E-state index contributed by atoms with van der Waals surface area (Å²) in [5, 5.41) is 0.0428. The number of imidazole rings is 1. The van der Waals surface area contributed by atoms with Gasteiger partial charge in [-0.25, -0.2) is 18.1 Å². The zero-order chi connectivity index (χ0) is 14.8. The number of rotatable bonds is 5. The van der Waals surface area contributed by atoms with Gasteiger partial charge in [0, 0.05) is 23.3 Å². The third-order valence-corrected chi connectivity index (χ3v) is 4.85. The van der Waals surface area contributed by atoms with E-state index in [0.717, 1.165) is 10.0 Å². The molecule has 0 bridgehead atoms. The average Bonchev–Trinajstić information content (AvgIpc) is 2.87. The van der Waals surface area contributed by atoms with E-state index in [9.17, 15) is 8.42 Å². The highest BCUT2D eigenvalue weighted by molar-refractivity contribution is 9.10. The van der Waals surface area contributed by atoms with Crippen molar-refractivity contribution in [1.82, 2.24) is 14.3 Å². The van der Waals surface area contributed by atoms with Crippen LogP contribution < -0.4 is 4.72 Å². The van der Waals surface area contributed by atoms with Crippen molar-refractivity contribution in [3.8, 4) is 0 Å². The third-order valence-electron chi connectivity index (χ3n) is 2.93. The van der Waals surface area contributed by atoms with E-state index in [4.69, 9.17) is 0 Å².